The summed E-state index contributed by atoms with van der Waals surface area (Å²) in [4.78, 5) is 11.6. The largest absolute Gasteiger partial charge is 0.385 e. The Morgan fingerprint density at radius 2 is 2.00 bits per heavy atom. The zero-order valence-electron chi connectivity index (χ0n) is 16.4. The number of nitrogens with zero attached hydrogens (tertiary/aromatic N) is 1. The number of benzene rings is 1. The van der Waals surface area contributed by atoms with E-state index in [9.17, 15) is 4.79 Å². The van der Waals surface area contributed by atoms with Crippen LogP contribution < -0.4 is 0 Å². The van der Waals surface area contributed by atoms with Gasteiger partial charge in [-0.05, 0) is 67.2 Å². The number of fused-ring (bicyclic) bond motifs is 1. The molecule has 25 heavy (non-hydrogen) atoms. The smallest absolute Gasteiger partial charge is 0.127 e. The highest BCUT2D eigenvalue weighted by Crippen LogP contribution is 2.41. The molecule has 1 aromatic rings. The number of hydrogen-bond donors (Lipinski definition) is 0. The molecule has 1 aliphatic carbocycles. The maximum atomic E-state index is 11.6. The van der Waals surface area contributed by atoms with E-state index in [-0.39, 0.29) is 5.92 Å². The lowest BCUT2D eigenvalue weighted by molar-refractivity contribution is -0.110. The summed E-state index contributed by atoms with van der Waals surface area (Å²) in [5.74, 6) is 1.79. The second kappa shape index (κ2) is 11.1. The Morgan fingerprint density at radius 3 is 2.52 bits per heavy atom. The lowest BCUT2D eigenvalue weighted by atomic mass is 9.82. The van der Waals surface area contributed by atoms with Gasteiger partial charge in [-0.2, -0.15) is 5.26 Å². The van der Waals surface area contributed by atoms with Crippen molar-refractivity contribution in [3.63, 3.8) is 0 Å². The zero-order valence-corrected chi connectivity index (χ0v) is 16.4. The molecule has 0 bridgehead atoms. The Hall–Kier alpha value is -1.66. The molecule has 0 spiro atoms. The molecule has 3 heteroatoms. The van der Waals surface area contributed by atoms with Gasteiger partial charge < -0.3 is 9.53 Å². The molecule has 0 N–H and O–H groups in total. The first-order chi connectivity index (χ1) is 12.0. The minimum Gasteiger partial charge on any atom is -0.385 e. The summed E-state index contributed by atoms with van der Waals surface area (Å²) in [6.45, 7) is 9.62. The number of rotatable bonds is 7. The van der Waals surface area contributed by atoms with Crippen LogP contribution in [0.5, 0.6) is 0 Å². The summed E-state index contributed by atoms with van der Waals surface area (Å²) in [5, 5.41) is 9.03. The van der Waals surface area contributed by atoms with Crippen molar-refractivity contribution in [2.24, 2.45) is 17.8 Å². The molecule has 0 saturated carbocycles. The lowest BCUT2D eigenvalue weighted by Gasteiger charge is -2.22. The topological polar surface area (TPSA) is 50.1 Å². The van der Waals surface area contributed by atoms with E-state index in [0.29, 0.717) is 17.4 Å². The summed E-state index contributed by atoms with van der Waals surface area (Å²) >= 11 is 0. The van der Waals surface area contributed by atoms with E-state index >= 15 is 0 Å². The standard InChI is InChI=1S/C19H25NO.C3H8O/c1-4-13(2)7-14(3)8-17-10-16-6-5-15(11-20)9-18(16)19(17)12-21;1-3-4-2/h5-6,9,12-14,17,19H,4,7-8,10H2,1-3H3;3H2,1-2H3/t13-,14?,17-,19?;/m0./s1. The maximum absolute atomic E-state index is 11.6. The summed E-state index contributed by atoms with van der Waals surface area (Å²) < 4.78 is 4.54. The van der Waals surface area contributed by atoms with Crippen LogP contribution in [-0.4, -0.2) is 20.0 Å². The number of hydrogen-bond acceptors (Lipinski definition) is 3. The van der Waals surface area contributed by atoms with Crippen molar-refractivity contribution in [2.75, 3.05) is 13.7 Å². The normalized spacial score (nSPS) is 20.6. The van der Waals surface area contributed by atoms with Crippen LogP contribution in [0.3, 0.4) is 0 Å². The predicted octanol–water partition coefficient (Wildman–Crippen LogP) is 5.13. The van der Waals surface area contributed by atoms with E-state index < -0.39 is 0 Å². The monoisotopic (exact) mass is 343 g/mol. The van der Waals surface area contributed by atoms with Crippen molar-refractivity contribution in [3.05, 3.63) is 34.9 Å². The number of methoxy groups -OCH3 is 1. The Balaban J connectivity index is 0.000000705. The summed E-state index contributed by atoms with van der Waals surface area (Å²) in [7, 11) is 1.68. The van der Waals surface area contributed by atoms with Crippen molar-refractivity contribution < 1.29 is 9.53 Å². The summed E-state index contributed by atoms with van der Waals surface area (Å²) in [5.41, 5.74) is 3.01. The Bertz CT molecular complexity index is 574. The van der Waals surface area contributed by atoms with Crippen LogP contribution >= 0.6 is 0 Å². The third-order valence-electron chi connectivity index (χ3n) is 5.27. The molecule has 138 valence electrons. The van der Waals surface area contributed by atoms with Crippen LogP contribution in [0.15, 0.2) is 18.2 Å². The maximum Gasteiger partial charge on any atom is 0.127 e. The summed E-state index contributed by atoms with van der Waals surface area (Å²) in [6.07, 6.45) is 5.63. The van der Waals surface area contributed by atoms with Crippen LogP contribution in [-0.2, 0) is 16.0 Å². The van der Waals surface area contributed by atoms with Gasteiger partial charge in [0.2, 0.25) is 0 Å². The van der Waals surface area contributed by atoms with E-state index in [1.165, 1.54) is 18.4 Å². The van der Waals surface area contributed by atoms with Crippen molar-refractivity contribution in [2.45, 2.75) is 59.3 Å². The number of carbonyl (C=O) groups is 1. The Labute approximate surface area is 153 Å². The van der Waals surface area contributed by atoms with Gasteiger partial charge in [0.05, 0.1) is 11.6 Å². The first kappa shape index (κ1) is 21.4. The first-order valence-corrected chi connectivity index (χ1v) is 9.47. The van der Waals surface area contributed by atoms with Gasteiger partial charge in [0, 0.05) is 19.6 Å². The molecule has 0 radical (unpaired) electrons. The predicted molar refractivity (Wildman–Crippen MR) is 103 cm³/mol. The fourth-order valence-electron chi connectivity index (χ4n) is 3.71. The number of nitriles is 1. The molecular formula is C22H33NO2. The molecule has 0 amide bonds. The highest BCUT2D eigenvalue weighted by Gasteiger charge is 2.33. The van der Waals surface area contributed by atoms with E-state index in [2.05, 4.69) is 31.6 Å². The number of carbonyl (C=O) groups excluding carboxylic acids is 1. The number of ether oxygens (including phenoxy) is 1. The van der Waals surface area contributed by atoms with E-state index in [0.717, 1.165) is 37.2 Å². The fraction of sp³-hybridized carbons (Fsp3) is 0.636. The van der Waals surface area contributed by atoms with Crippen molar-refractivity contribution >= 4 is 6.29 Å². The molecule has 1 aromatic carbocycles. The van der Waals surface area contributed by atoms with Crippen molar-refractivity contribution in [3.8, 4) is 6.07 Å². The average molecular weight is 344 g/mol. The molecule has 0 saturated heterocycles. The van der Waals surface area contributed by atoms with Crippen LogP contribution in [0.2, 0.25) is 0 Å². The van der Waals surface area contributed by atoms with Gasteiger partial charge in [0.1, 0.15) is 6.29 Å². The highest BCUT2D eigenvalue weighted by molar-refractivity contribution is 5.67. The van der Waals surface area contributed by atoms with Gasteiger partial charge in [-0.3, -0.25) is 0 Å². The third-order valence-corrected chi connectivity index (χ3v) is 5.27. The number of aldehydes is 1. The minimum atomic E-state index is -0.0207. The lowest BCUT2D eigenvalue weighted by Crippen LogP contribution is -2.14. The fourth-order valence-corrected chi connectivity index (χ4v) is 3.71. The Kier molecular flexibility index (Phi) is 9.45. The average Bonchev–Trinajstić information content (AvgIpc) is 2.97. The first-order valence-electron chi connectivity index (χ1n) is 9.47. The molecule has 0 aliphatic heterocycles. The van der Waals surface area contributed by atoms with Crippen molar-refractivity contribution in [1.29, 1.82) is 5.26 Å². The van der Waals surface area contributed by atoms with Gasteiger partial charge in [0.15, 0.2) is 0 Å². The van der Waals surface area contributed by atoms with E-state index in [1.807, 2.05) is 25.1 Å². The van der Waals surface area contributed by atoms with Gasteiger partial charge >= 0.3 is 0 Å². The van der Waals surface area contributed by atoms with E-state index in [4.69, 9.17) is 5.26 Å². The molecule has 0 fully saturated rings. The molecule has 1 aliphatic rings. The highest BCUT2D eigenvalue weighted by atomic mass is 16.5. The molecule has 0 aromatic heterocycles. The zero-order chi connectivity index (χ0) is 18.8. The van der Waals surface area contributed by atoms with Gasteiger partial charge in [-0.15, -0.1) is 0 Å². The van der Waals surface area contributed by atoms with Crippen LogP contribution in [0.1, 0.15) is 69.6 Å². The van der Waals surface area contributed by atoms with Gasteiger partial charge in [-0.1, -0.05) is 33.3 Å². The molecule has 2 unspecified atom stereocenters. The third kappa shape index (κ3) is 6.29. The molecule has 2 rings (SSSR count). The van der Waals surface area contributed by atoms with Crippen LogP contribution in [0.4, 0.5) is 0 Å². The van der Waals surface area contributed by atoms with Crippen LogP contribution in [0, 0.1) is 29.1 Å². The van der Waals surface area contributed by atoms with Gasteiger partial charge in [0.25, 0.3) is 0 Å². The Morgan fingerprint density at radius 1 is 1.32 bits per heavy atom. The molecule has 3 nitrogen and oxygen atoms in total. The SMILES string of the molecule is CCOC.CC[C@H](C)CC(C)C[C@H]1Cc2ccc(C#N)cc2C1C=O. The second-order valence-electron chi connectivity index (χ2n) is 7.32. The van der Waals surface area contributed by atoms with E-state index in [1.54, 1.807) is 7.11 Å². The quantitative estimate of drug-likeness (QED) is 0.645. The van der Waals surface area contributed by atoms with Crippen molar-refractivity contribution in [1.82, 2.24) is 0 Å². The molecular weight excluding hydrogens is 310 g/mol. The van der Waals surface area contributed by atoms with Gasteiger partial charge in [-0.25, -0.2) is 0 Å². The summed E-state index contributed by atoms with van der Waals surface area (Å²) in [6, 6.07) is 7.98. The minimum absolute atomic E-state index is 0.0207. The molecule has 0 heterocycles. The molecule has 4 atom stereocenters. The second-order valence-corrected chi connectivity index (χ2v) is 7.32. The van der Waals surface area contributed by atoms with Crippen LogP contribution in [0.25, 0.3) is 0 Å².